The normalized spacial score (nSPS) is 10.5. The van der Waals surface area contributed by atoms with Crippen molar-refractivity contribution in [3.05, 3.63) is 48.7 Å². The van der Waals surface area contributed by atoms with Crippen LogP contribution in [-0.2, 0) is 0 Å². The van der Waals surface area contributed by atoms with Crippen LogP contribution in [-0.4, -0.2) is 34.3 Å². The SMILES string of the molecule is COc1ccc(-n2cc(-c3ccc(OC)c(O)c3)nn2)cc1. The Hall–Kier alpha value is -3.02. The fourth-order valence-electron chi connectivity index (χ4n) is 2.11. The zero-order valence-electron chi connectivity index (χ0n) is 12.2. The molecule has 0 spiro atoms. The largest absolute Gasteiger partial charge is 0.504 e. The molecule has 2 aromatic carbocycles. The molecule has 1 heterocycles. The Morgan fingerprint density at radius 3 is 2.41 bits per heavy atom. The van der Waals surface area contributed by atoms with Gasteiger partial charge in [0.25, 0.3) is 0 Å². The van der Waals surface area contributed by atoms with Crippen molar-refractivity contribution in [2.24, 2.45) is 0 Å². The molecule has 0 aliphatic carbocycles. The fraction of sp³-hybridized carbons (Fsp3) is 0.125. The molecule has 0 atom stereocenters. The number of nitrogens with zero attached hydrogens (tertiary/aromatic N) is 3. The maximum atomic E-state index is 9.84. The Morgan fingerprint density at radius 2 is 1.77 bits per heavy atom. The molecule has 0 aliphatic rings. The third-order valence-corrected chi connectivity index (χ3v) is 3.30. The number of methoxy groups -OCH3 is 2. The predicted molar refractivity (Wildman–Crippen MR) is 81.6 cm³/mol. The lowest BCUT2D eigenvalue weighted by Crippen LogP contribution is -1.94. The minimum atomic E-state index is 0.0685. The van der Waals surface area contributed by atoms with Crippen LogP contribution >= 0.6 is 0 Å². The number of phenols is 1. The smallest absolute Gasteiger partial charge is 0.160 e. The van der Waals surface area contributed by atoms with Gasteiger partial charge in [-0.15, -0.1) is 5.10 Å². The predicted octanol–water partition coefficient (Wildman–Crippen LogP) is 2.66. The molecule has 0 unspecified atom stereocenters. The van der Waals surface area contributed by atoms with E-state index in [9.17, 15) is 5.11 Å². The Kier molecular flexibility index (Phi) is 3.65. The molecule has 0 saturated heterocycles. The summed E-state index contributed by atoms with van der Waals surface area (Å²) < 4.78 is 11.8. The van der Waals surface area contributed by atoms with Gasteiger partial charge in [-0.2, -0.15) is 0 Å². The van der Waals surface area contributed by atoms with Gasteiger partial charge in [-0.3, -0.25) is 0 Å². The molecule has 0 radical (unpaired) electrons. The lowest BCUT2D eigenvalue weighted by atomic mass is 10.1. The highest BCUT2D eigenvalue weighted by Gasteiger charge is 2.09. The van der Waals surface area contributed by atoms with Gasteiger partial charge in [-0.05, 0) is 42.5 Å². The van der Waals surface area contributed by atoms with Gasteiger partial charge in [0, 0.05) is 5.56 Å². The first kappa shape index (κ1) is 13.9. The standard InChI is InChI=1S/C16H15N3O3/c1-21-13-6-4-12(5-7-13)19-10-14(17-18-19)11-3-8-16(22-2)15(20)9-11/h3-10,20H,1-2H3. The molecule has 0 bridgehead atoms. The van der Waals surface area contributed by atoms with E-state index >= 15 is 0 Å². The first-order valence-electron chi connectivity index (χ1n) is 6.65. The second-order valence-corrected chi connectivity index (χ2v) is 4.63. The summed E-state index contributed by atoms with van der Waals surface area (Å²) in [6, 6.07) is 12.6. The number of aromatic nitrogens is 3. The van der Waals surface area contributed by atoms with Crippen LogP contribution in [0.1, 0.15) is 0 Å². The minimum Gasteiger partial charge on any atom is -0.504 e. The third-order valence-electron chi connectivity index (χ3n) is 3.30. The van der Waals surface area contributed by atoms with Crippen molar-refractivity contribution in [1.29, 1.82) is 0 Å². The molecule has 3 aromatic rings. The lowest BCUT2D eigenvalue weighted by molar-refractivity contribution is 0.373. The van der Waals surface area contributed by atoms with E-state index in [2.05, 4.69) is 10.3 Å². The topological polar surface area (TPSA) is 69.4 Å². The second-order valence-electron chi connectivity index (χ2n) is 4.63. The molecule has 0 saturated carbocycles. The molecule has 3 rings (SSSR count). The van der Waals surface area contributed by atoms with Crippen LogP contribution in [0.2, 0.25) is 0 Å². The molecule has 0 aliphatic heterocycles. The number of aromatic hydroxyl groups is 1. The van der Waals surface area contributed by atoms with Crippen LogP contribution in [0.25, 0.3) is 16.9 Å². The highest BCUT2D eigenvalue weighted by Crippen LogP contribution is 2.30. The van der Waals surface area contributed by atoms with Gasteiger partial charge >= 0.3 is 0 Å². The van der Waals surface area contributed by atoms with E-state index in [1.165, 1.54) is 7.11 Å². The zero-order chi connectivity index (χ0) is 15.5. The lowest BCUT2D eigenvalue weighted by Gasteiger charge is -2.04. The van der Waals surface area contributed by atoms with Gasteiger partial charge < -0.3 is 14.6 Å². The minimum absolute atomic E-state index is 0.0685. The third kappa shape index (κ3) is 2.58. The van der Waals surface area contributed by atoms with E-state index in [-0.39, 0.29) is 5.75 Å². The summed E-state index contributed by atoms with van der Waals surface area (Å²) >= 11 is 0. The highest BCUT2D eigenvalue weighted by atomic mass is 16.5. The van der Waals surface area contributed by atoms with E-state index in [1.807, 2.05) is 30.3 Å². The van der Waals surface area contributed by atoms with Crippen molar-refractivity contribution in [1.82, 2.24) is 15.0 Å². The van der Waals surface area contributed by atoms with Crippen molar-refractivity contribution >= 4 is 0 Å². The van der Waals surface area contributed by atoms with Crippen LogP contribution < -0.4 is 9.47 Å². The maximum Gasteiger partial charge on any atom is 0.160 e. The number of phenolic OH excluding ortho intramolecular Hbond substituents is 1. The molecular formula is C16H15N3O3. The molecule has 0 fully saturated rings. The average Bonchev–Trinajstić information content (AvgIpc) is 3.05. The zero-order valence-corrected chi connectivity index (χ0v) is 12.2. The molecule has 112 valence electrons. The molecule has 1 N–H and O–H groups in total. The summed E-state index contributed by atoms with van der Waals surface area (Å²) in [5, 5.41) is 18.1. The Morgan fingerprint density at radius 1 is 1.00 bits per heavy atom. The molecule has 6 nitrogen and oxygen atoms in total. The van der Waals surface area contributed by atoms with Gasteiger partial charge in [0.2, 0.25) is 0 Å². The van der Waals surface area contributed by atoms with Crippen LogP contribution in [0.4, 0.5) is 0 Å². The molecule has 6 heteroatoms. The summed E-state index contributed by atoms with van der Waals surface area (Å²) in [4.78, 5) is 0. The number of rotatable bonds is 4. The fourth-order valence-corrected chi connectivity index (χ4v) is 2.11. The highest BCUT2D eigenvalue weighted by molar-refractivity contribution is 5.63. The number of ether oxygens (including phenoxy) is 2. The second kappa shape index (κ2) is 5.77. The van der Waals surface area contributed by atoms with Gasteiger partial charge in [0.15, 0.2) is 11.5 Å². The quantitative estimate of drug-likeness (QED) is 0.801. The van der Waals surface area contributed by atoms with Crippen molar-refractivity contribution < 1.29 is 14.6 Å². The van der Waals surface area contributed by atoms with Gasteiger partial charge in [0.1, 0.15) is 11.4 Å². The monoisotopic (exact) mass is 297 g/mol. The van der Waals surface area contributed by atoms with Crippen molar-refractivity contribution in [2.75, 3.05) is 14.2 Å². The van der Waals surface area contributed by atoms with Crippen LogP contribution in [0.15, 0.2) is 48.7 Å². The van der Waals surface area contributed by atoms with Crippen molar-refractivity contribution in [3.8, 4) is 34.2 Å². The van der Waals surface area contributed by atoms with Crippen LogP contribution in [0.3, 0.4) is 0 Å². The van der Waals surface area contributed by atoms with E-state index in [0.29, 0.717) is 11.4 Å². The van der Waals surface area contributed by atoms with E-state index in [0.717, 1.165) is 17.0 Å². The number of benzene rings is 2. The Balaban J connectivity index is 1.91. The van der Waals surface area contributed by atoms with Crippen molar-refractivity contribution in [3.63, 3.8) is 0 Å². The molecule has 22 heavy (non-hydrogen) atoms. The summed E-state index contributed by atoms with van der Waals surface area (Å²) in [6.07, 6.45) is 1.79. The summed E-state index contributed by atoms with van der Waals surface area (Å²) in [6.45, 7) is 0. The average molecular weight is 297 g/mol. The van der Waals surface area contributed by atoms with Gasteiger partial charge in [-0.1, -0.05) is 5.21 Å². The number of hydrogen-bond acceptors (Lipinski definition) is 5. The van der Waals surface area contributed by atoms with Crippen molar-refractivity contribution in [2.45, 2.75) is 0 Å². The van der Waals surface area contributed by atoms with E-state index in [4.69, 9.17) is 9.47 Å². The Bertz CT molecular complexity index is 782. The van der Waals surface area contributed by atoms with Gasteiger partial charge in [0.05, 0.1) is 26.1 Å². The first-order valence-corrected chi connectivity index (χ1v) is 6.65. The molecule has 0 amide bonds. The first-order chi connectivity index (χ1) is 10.7. The Labute approximate surface area is 127 Å². The van der Waals surface area contributed by atoms with Crippen LogP contribution in [0.5, 0.6) is 17.2 Å². The summed E-state index contributed by atoms with van der Waals surface area (Å²) in [5.74, 6) is 1.27. The van der Waals surface area contributed by atoms with E-state index < -0.39 is 0 Å². The van der Waals surface area contributed by atoms with Gasteiger partial charge in [-0.25, -0.2) is 4.68 Å². The molecular weight excluding hydrogens is 282 g/mol. The number of hydrogen-bond donors (Lipinski definition) is 1. The van der Waals surface area contributed by atoms with E-state index in [1.54, 1.807) is 30.1 Å². The van der Waals surface area contributed by atoms with Crippen LogP contribution in [0, 0.1) is 0 Å². The molecule has 1 aromatic heterocycles. The summed E-state index contributed by atoms with van der Waals surface area (Å²) in [5.41, 5.74) is 2.30. The maximum absolute atomic E-state index is 9.84. The summed E-state index contributed by atoms with van der Waals surface area (Å²) in [7, 11) is 3.13.